The van der Waals surface area contributed by atoms with Crippen LogP contribution in [0.5, 0.6) is 0 Å². The van der Waals surface area contributed by atoms with Crippen molar-refractivity contribution in [3.8, 4) is 11.5 Å². The maximum absolute atomic E-state index is 12.2. The number of hydrogen-bond donors (Lipinski definition) is 2. The number of aromatic nitrogens is 2. The smallest absolute Gasteiger partial charge is 0.271 e. The number of nitrogens with one attached hydrogen (secondary N) is 2. The van der Waals surface area contributed by atoms with Gasteiger partial charge >= 0.3 is 0 Å². The summed E-state index contributed by atoms with van der Waals surface area (Å²) < 4.78 is 32.5. The number of anilines is 1. The molecule has 25 heavy (non-hydrogen) atoms. The molecule has 0 saturated carbocycles. The molecule has 3 aromatic rings. The molecule has 1 atom stereocenters. The van der Waals surface area contributed by atoms with Crippen molar-refractivity contribution in [2.75, 3.05) is 11.8 Å². The lowest BCUT2D eigenvalue weighted by atomic mass is 10.2. The molecular weight excluding hydrogens is 360 g/mol. The number of rotatable bonds is 7. The van der Waals surface area contributed by atoms with Gasteiger partial charge in [-0.3, -0.25) is 4.72 Å². The standard InChI is InChI=1S/C16H18N4O3S2/c1-11(17-2)10-14-18-16(23-19-14)12-5-7-13(8-6-12)20-25(21,22)15-4-3-9-24-15/h3-9,11,17,20H,10H2,1-2H3. The molecule has 2 N–H and O–H groups in total. The van der Waals surface area contributed by atoms with Gasteiger partial charge in [0.25, 0.3) is 15.9 Å². The highest BCUT2D eigenvalue weighted by molar-refractivity contribution is 7.94. The molecule has 3 rings (SSSR count). The highest BCUT2D eigenvalue weighted by atomic mass is 32.2. The monoisotopic (exact) mass is 378 g/mol. The number of likely N-dealkylation sites (N-methyl/N-ethyl adjacent to an activating group) is 1. The Labute approximate surface area is 150 Å². The van der Waals surface area contributed by atoms with Crippen molar-refractivity contribution >= 4 is 27.0 Å². The fourth-order valence-electron chi connectivity index (χ4n) is 2.13. The van der Waals surface area contributed by atoms with Crippen molar-refractivity contribution in [3.05, 3.63) is 47.6 Å². The molecule has 0 spiro atoms. The Balaban J connectivity index is 1.72. The van der Waals surface area contributed by atoms with Crippen LogP contribution in [0.1, 0.15) is 12.7 Å². The molecule has 0 saturated heterocycles. The molecule has 0 aliphatic heterocycles. The second-order valence-corrected chi connectivity index (χ2v) is 8.38. The molecule has 0 fully saturated rings. The zero-order valence-electron chi connectivity index (χ0n) is 13.8. The summed E-state index contributed by atoms with van der Waals surface area (Å²) in [6.07, 6.45) is 0.665. The van der Waals surface area contributed by atoms with E-state index in [1.54, 1.807) is 41.8 Å². The Kier molecular flexibility index (Phi) is 5.16. The third-order valence-corrected chi connectivity index (χ3v) is 6.37. The Morgan fingerprint density at radius 1 is 1.24 bits per heavy atom. The summed E-state index contributed by atoms with van der Waals surface area (Å²) in [5.41, 5.74) is 1.20. The van der Waals surface area contributed by atoms with E-state index < -0.39 is 10.0 Å². The second-order valence-electron chi connectivity index (χ2n) is 5.52. The van der Waals surface area contributed by atoms with Crippen molar-refractivity contribution in [2.24, 2.45) is 0 Å². The molecule has 2 heterocycles. The minimum absolute atomic E-state index is 0.250. The predicted molar refractivity (Wildman–Crippen MR) is 97.1 cm³/mol. The Morgan fingerprint density at radius 2 is 2.00 bits per heavy atom. The van der Waals surface area contributed by atoms with Crippen molar-refractivity contribution in [3.63, 3.8) is 0 Å². The lowest BCUT2D eigenvalue weighted by Crippen LogP contribution is -2.24. The average molecular weight is 378 g/mol. The molecule has 0 amide bonds. The van der Waals surface area contributed by atoms with Crippen LogP contribution in [-0.4, -0.2) is 31.6 Å². The van der Waals surface area contributed by atoms with Crippen LogP contribution in [0.15, 0.2) is 50.5 Å². The fraction of sp³-hybridized carbons (Fsp3) is 0.250. The highest BCUT2D eigenvalue weighted by Crippen LogP contribution is 2.23. The molecule has 0 bridgehead atoms. The van der Waals surface area contributed by atoms with Crippen molar-refractivity contribution in [2.45, 2.75) is 23.6 Å². The van der Waals surface area contributed by atoms with Crippen LogP contribution in [-0.2, 0) is 16.4 Å². The second kappa shape index (κ2) is 7.34. The van der Waals surface area contributed by atoms with Crippen molar-refractivity contribution < 1.29 is 12.9 Å². The minimum Gasteiger partial charge on any atom is -0.334 e. The summed E-state index contributed by atoms with van der Waals surface area (Å²) in [6, 6.07) is 10.3. The molecule has 7 nitrogen and oxygen atoms in total. The number of benzene rings is 1. The Morgan fingerprint density at radius 3 is 2.64 bits per heavy atom. The third-order valence-electron chi connectivity index (χ3n) is 3.59. The van der Waals surface area contributed by atoms with Crippen LogP contribution < -0.4 is 10.0 Å². The normalized spacial score (nSPS) is 12.9. The van der Waals surface area contributed by atoms with Gasteiger partial charge in [0, 0.05) is 23.7 Å². The number of sulfonamides is 1. The van der Waals surface area contributed by atoms with Gasteiger partial charge < -0.3 is 9.84 Å². The molecule has 9 heteroatoms. The topological polar surface area (TPSA) is 97.1 Å². The summed E-state index contributed by atoms with van der Waals surface area (Å²) >= 11 is 1.17. The zero-order chi connectivity index (χ0) is 17.9. The van der Waals surface area contributed by atoms with E-state index >= 15 is 0 Å². The molecule has 1 unspecified atom stereocenters. The van der Waals surface area contributed by atoms with E-state index in [1.165, 1.54) is 11.3 Å². The Hall–Kier alpha value is -2.23. The fourth-order valence-corrected chi connectivity index (χ4v) is 4.18. The lowest BCUT2D eigenvalue weighted by Gasteiger charge is -2.06. The first-order chi connectivity index (χ1) is 12.0. The van der Waals surface area contributed by atoms with E-state index in [0.29, 0.717) is 23.8 Å². The molecule has 0 aliphatic rings. The first-order valence-corrected chi connectivity index (χ1v) is 10.0. The number of thiophene rings is 1. The molecule has 0 aliphatic carbocycles. The van der Waals surface area contributed by atoms with Crippen LogP contribution in [0.3, 0.4) is 0 Å². The molecular formula is C16H18N4O3S2. The predicted octanol–water partition coefficient (Wildman–Crippen LogP) is 2.75. The van der Waals surface area contributed by atoms with E-state index in [0.717, 1.165) is 5.56 Å². The summed E-state index contributed by atoms with van der Waals surface area (Å²) in [6.45, 7) is 2.03. The van der Waals surface area contributed by atoms with Crippen molar-refractivity contribution in [1.82, 2.24) is 15.5 Å². The van der Waals surface area contributed by atoms with Gasteiger partial charge in [0.05, 0.1) is 0 Å². The van der Waals surface area contributed by atoms with Gasteiger partial charge in [-0.05, 0) is 49.7 Å². The van der Waals surface area contributed by atoms with Crippen LogP contribution >= 0.6 is 11.3 Å². The summed E-state index contributed by atoms with van der Waals surface area (Å²) in [4.78, 5) is 4.36. The van der Waals surface area contributed by atoms with Crippen LogP contribution in [0.4, 0.5) is 5.69 Å². The maximum Gasteiger partial charge on any atom is 0.271 e. The maximum atomic E-state index is 12.2. The van der Waals surface area contributed by atoms with E-state index in [2.05, 4.69) is 20.2 Å². The average Bonchev–Trinajstić information content (AvgIpc) is 3.27. The molecule has 1 aromatic carbocycles. The third kappa shape index (κ3) is 4.25. The van der Waals surface area contributed by atoms with Crippen molar-refractivity contribution in [1.29, 1.82) is 0 Å². The van der Waals surface area contributed by atoms with E-state index in [9.17, 15) is 8.42 Å². The van der Waals surface area contributed by atoms with Gasteiger partial charge in [-0.15, -0.1) is 11.3 Å². The van der Waals surface area contributed by atoms with Gasteiger partial charge in [-0.1, -0.05) is 11.2 Å². The van der Waals surface area contributed by atoms with Gasteiger partial charge in [-0.25, -0.2) is 8.42 Å². The van der Waals surface area contributed by atoms with Crippen LogP contribution in [0.25, 0.3) is 11.5 Å². The van der Waals surface area contributed by atoms with Gasteiger partial charge in [-0.2, -0.15) is 4.98 Å². The highest BCUT2D eigenvalue weighted by Gasteiger charge is 2.16. The van der Waals surface area contributed by atoms with Gasteiger partial charge in [0.2, 0.25) is 0 Å². The SMILES string of the molecule is CNC(C)Cc1noc(-c2ccc(NS(=O)(=O)c3cccs3)cc2)n1. The number of nitrogens with zero attached hydrogens (tertiary/aromatic N) is 2. The quantitative estimate of drug-likeness (QED) is 0.656. The molecule has 0 radical (unpaired) electrons. The zero-order valence-corrected chi connectivity index (χ0v) is 15.4. The van der Waals surface area contributed by atoms with Crippen LogP contribution in [0, 0.1) is 0 Å². The van der Waals surface area contributed by atoms with E-state index in [1.807, 2.05) is 14.0 Å². The van der Waals surface area contributed by atoms with E-state index in [4.69, 9.17) is 4.52 Å². The largest absolute Gasteiger partial charge is 0.334 e. The first kappa shape index (κ1) is 17.6. The summed E-state index contributed by atoms with van der Waals surface area (Å²) in [5, 5.41) is 8.80. The first-order valence-electron chi connectivity index (χ1n) is 7.64. The summed E-state index contributed by atoms with van der Waals surface area (Å²) in [5.74, 6) is 1.03. The van der Waals surface area contributed by atoms with Gasteiger partial charge in [0.1, 0.15) is 4.21 Å². The van der Waals surface area contributed by atoms with Crippen LogP contribution in [0.2, 0.25) is 0 Å². The van der Waals surface area contributed by atoms with Gasteiger partial charge in [0.15, 0.2) is 5.82 Å². The lowest BCUT2D eigenvalue weighted by molar-refractivity contribution is 0.418. The molecule has 132 valence electrons. The Bertz CT molecular complexity index is 919. The minimum atomic E-state index is -3.55. The molecule has 2 aromatic heterocycles. The number of hydrogen-bond acceptors (Lipinski definition) is 7. The summed E-state index contributed by atoms with van der Waals surface area (Å²) in [7, 11) is -1.67. The van der Waals surface area contributed by atoms with E-state index in [-0.39, 0.29) is 10.3 Å².